The molecule has 0 aliphatic rings. The lowest BCUT2D eigenvalue weighted by atomic mass is 10.2. The second-order valence-electron chi connectivity index (χ2n) is 1.89. The van der Waals surface area contributed by atoms with Crippen LogP contribution in [0.25, 0.3) is 0 Å². The summed E-state index contributed by atoms with van der Waals surface area (Å²) in [5, 5.41) is 0. The van der Waals surface area contributed by atoms with Crippen LogP contribution in [-0.2, 0) is 0 Å². The Kier molecular flexibility index (Phi) is 4.63. The summed E-state index contributed by atoms with van der Waals surface area (Å²) in [6.45, 7) is 4.20. The van der Waals surface area contributed by atoms with Crippen LogP contribution in [0.4, 0.5) is 0 Å². The lowest BCUT2D eigenvalue weighted by Crippen LogP contribution is -1.66. The van der Waals surface area contributed by atoms with Gasteiger partial charge in [0.25, 0.3) is 0 Å². The first-order valence-electron chi connectivity index (χ1n) is 3.09. The molecule has 0 aromatic carbocycles. The Balaban J connectivity index is 3.72. The van der Waals surface area contributed by atoms with Gasteiger partial charge in [0, 0.05) is 0 Å². The van der Waals surface area contributed by atoms with Gasteiger partial charge in [-0.25, -0.2) is 0 Å². The number of hydrogen-bond donors (Lipinski definition) is 0. The smallest absolute Gasteiger partial charge is 0.0122 e. The van der Waals surface area contributed by atoms with Crippen molar-refractivity contribution in [3.05, 3.63) is 23.8 Å². The van der Waals surface area contributed by atoms with Crippen molar-refractivity contribution >= 4 is 0 Å². The lowest BCUT2D eigenvalue weighted by molar-refractivity contribution is 1.10. The van der Waals surface area contributed by atoms with Gasteiger partial charge in [0.05, 0.1) is 0 Å². The van der Waals surface area contributed by atoms with E-state index < -0.39 is 0 Å². The molecular weight excluding hydrogens is 108 g/mol. The van der Waals surface area contributed by atoms with E-state index in [0.29, 0.717) is 0 Å². The van der Waals surface area contributed by atoms with Gasteiger partial charge >= 0.3 is 0 Å². The van der Waals surface area contributed by atoms with Gasteiger partial charge in [-0.15, -0.1) is 6.42 Å². The van der Waals surface area contributed by atoms with E-state index in [1.165, 1.54) is 5.57 Å². The van der Waals surface area contributed by atoms with E-state index in [1.54, 1.807) is 6.08 Å². The Morgan fingerprint density at radius 1 is 1.67 bits per heavy atom. The molecule has 0 fully saturated rings. The molecule has 0 aromatic heterocycles. The second-order valence-corrected chi connectivity index (χ2v) is 1.89. The third-order valence-electron chi connectivity index (χ3n) is 1.13. The van der Waals surface area contributed by atoms with Crippen molar-refractivity contribution in [2.24, 2.45) is 0 Å². The first-order chi connectivity index (χ1) is 4.31. The molecule has 0 heterocycles. The molecule has 0 heteroatoms. The minimum atomic E-state index is 1.09. The standard InChI is InChI=1S/C9H12/c1-4-6-7-8-9(3)5-2/h1,6-8H,5H2,2-3H3. The van der Waals surface area contributed by atoms with E-state index >= 15 is 0 Å². The summed E-state index contributed by atoms with van der Waals surface area (Å²) < 4.78 is 0. The molecule has 0 aliphatic heterocycles. The molecule has 0 spiro atoms. The molecule has 0 bridgehead atoms. The van der Waals surface area contributed by atoms with E-state index in [9.17, 15) is 0 Å². The van der Waals surface area contributed by atoms with Crippen molar-refractivity contribution in [1.82, 2.24) is 0 Å². The fourth-order valence-electron chi connectivity index (χ4n) is 0.386. The highest BCUT2D eigenvalue weighted by atomic mass is 13.8. The predicted molar refractivity (Wildman–Crippen MR) is 42.0 cm³/mol. The van der Waals surface area contributed by atoms with Gasteiger partial charge in [0.2, 0.25) is 0 Å². The average molecular weight is 120 g/mol. The number of allylic oxidation sites excluding steroid dienone is 4. The van der Waals surface area contributed by atoms with Crippen molar-refractivity contribution in [1.29, 1.82) is 0 Å². The second kappa shape index (κ2) is 5.18. The van der Waals surface area contributed by atoms with Crippen molar-refractivity contribution in [3.63, 3.8) is 0 Å². The molecule has 0 amide bonds. The van der Waals surface area contributed by atoms with Crippen LogP contribution in [0.2, 0.25) is 0 Å². The Labute approximate surface area is 57.3 Å². The summed E-state index contributed by atoms with van der Waals surface area (Å²) in [6.07, 6.45) is 11.7. The fourth-order valence-corrected chi connectivity index (χ4v) is 0.386. The highest BCUT2D eigenvalue weighted by Crippen LogP contribution is 1.96. The van der Waals surface area contributed by atoms with E-state index in [4.69, 9.17) is 6.42 Å². The molecular formula is C9H12. The van der Waals surface area contributed by atoms with Crippen LogP contribution < -0.4 is 0 Å². The van der Waals surface area contributed by atoms with Crippen LogP contribution >= 0.6 is 0 Å². The minimum absolute atomic E-state index is 1.09. The first kappa shape index (κ1) is 8.04. The Morgan fingerprint density at radius 2 is 2.33 bits per heavy atom. The van der Waals surface area contributed by atoms with Gasteiger partial charge in [0.1, 0.15) is 0 Å². The summed E-state index contributed by atoms with van der Waals surface area (Å²) in [5.41, 5.74) is 1.35. The number of hydrogen-bond acceptors (Lipinski definition) is 0. The quantitative estimate of drug-likeness (QED) is 0.388. The monoisotopic (exact) mass is 120 g/mol. The maximum atomic E-state index is 4.99. The molecule has 0 aromatic rings. The highest BCUT2D eigenvalue weighted by molar-refractivity contribution is 5.18. The molecule has 48 valence electrons. The van der Waals surface area contributed by atoms with Crippen molar-refractivity contribution in [2.45, 2.75) is 20.3 Å². The van der Waals surface area contributed by atoms with E-state index in [-0.39, 0.29) is 0 Å². The molecule has 0 radical (unpaired) electrons. The summed E-state index contributed by atoms with van der Waals surface area (Å²) in [4.78, 5) is 0. The van der Waals surface area contributed by atoms with Crippen molar-refractivity contribution < 1.29 is 0 Å². The van der Waals surface area contributed by atoms with Gasteiger partial charge in [-0.1, -0.05) is 30.6 Å². The molecule has 0 N–H and O–H groups in total. The largest absolute Gasteiger partial charge is 0.115 e. The van der Waals surface area contributed by atoms with Crippen molar-refractivity contribution in [2.75, 3.05) is 0 Å². The van der Waals surface area contributed by atoms with E-state index in [2.05, 4.69) is 19.8 Å². The summed E-state index contributed by atoms with van der Waals surface area (Å²) in [6, 6.07) is 0. The first-order valence-corrected chi connectivity index (χ1v) is 3.09. The SMILES string of the molecule is C#CC=CC=C(C)CC. The van der Waals surface area contributed by atoms with Gasteiger partial charge in [-0.2, -0.15) is 0 Å². The summed E-state index contributed by atoms with van der Waals surface area (Å²) in [7, 11) is 0. The zero-order valence-electron chi connectivity index (χ0n) is 6.02. The molecule has 0 rings (SSSR count). The van der Waals surface area contributed by atoms with Crippen molar-refractivity contribution in [3.8, 4) is 12.3 Å². The molecule has 0 saturated carbocycles. The van der Waals surface area contributed by atoms with Gasteiger partial charge < -0.3 is 0 Å². The van der Waals surface area contributed by atoms with E-state index in [0.717, 1.165) is 6.42 Å². The van der Waals surface area contributed by atoms with Crippen LogP contribution in [0.5, 0.6) is 0 Å². The lowest BCUT2D eigenvalue weighted by Gasteiger charge is -1.86. The Hall–Kier alpha value is -0.960. The maximum Gasteiger partial charge on any atom is -0.0122 e. The van der Waals surface area contributed by atoms with Crippen LogP contribution in [0.1, 0.15) is 20.3 Å². The zero-order valence-corrected chi connectivity index (χ0v) is 6.02. The van der Waals surface area contributed by atoms with Crippen LogP contribution in [0.15, 0.2) is 23.8 Å². The number of rotatable bonds is 2. The minimum Gasteiger partial charge on any atom is -0.115 e. The fraction of sp³-hybridized carbons (Fsp3) is 0.333. The normalized spacial score (nSPS) is 11.9. The molecule has 9 heavy (non-hydrogen) atoms. The topological polar surface area (TPSA) is 0 Å². The summed E-state index contributed by atoms with van der Waals surface area (Å²) >= 11 is 0. The van der Waals surface area contributed by atoms with Crippen LogP contribution in [-0.4, -0.2) is 0 Å². The molecule has 0 aliphatic carbocycles. The van der Waals surface area contributed by atoms with E-state index in [1.807, 2.05) is 12.2 Å². The zero-order chi connectivity index (χ0) is 7.11. The van der Waals surface area contributed by atoms with Crippen LogP contribution in [0.3, 0.4) is 0 Å². The molecule has 0 nitrogen and oxygen atoms in total. The third kappa shape index (κ3) is 4.90. The molecule has 0 saturated heterocycles. The average Bonchev–Trinajstić information content (AvgIpc) is 1.89. The van der Waals surface area contributed by atoms with Crippen LogP contribution in [0, 0.1) is 12.3 Å². The highest BCUT2D eigenvalue weighted by Gasteiger charge is 1.76. The molecule has 0 atom stereocenters. The van der Waals surface area contributed by atoms with Gasteiger partial charge in [-0.05, 0) is 19.4 Å². The maximum absolute atomic E-state index is 4.99. The van der Waals surface area contributed by atoms with Gasteiger partial charge in [-0.3, -0.25) is 0 Å². The van der Waals surface area contributed by atoms with Gasteiger partial charge in [0.15, 0.2) is 0 Å². The number of terminal acetylenes is 1. The third-order valence-corrected chi connectivity index (χ3v) is 1.13. The summed E-state index contributed by atoms with van der Waals surface area (Å²) in [5.74, 6) is 2.42. The molecule has 0 unspecified atom stereocenters. The predicted octanol–water partition coefficient (Wildman–Crippen LogP) is 2.53. The Bertz CT molecular complexity index is 153. The Morgan fingerprint density at radius 3 is 2.78 bits per heavy atom.